The van der Waals surface area contributed by atoms with E-state index in [0.29, 0.717) is 5.92 Å². The van der Waals surface area contributed by atoms with Crippen molar-refractivity contribution in [1.82, 2.24) is 0 Å². The fourth-order valence-corrected chi connectivity index (χ4v) is 3.95. The van der Waals surface area contributed by atoms with E-state index in [1.54, 1.807) is 22.3 Å². The van der Waals surface area contributed by atoms with Gasteiger partial charge in [0.05, 0.1) is 0 Å². The first-order valence-corrected chi connectivity index (χ1v) is 8.25. The predicted octanol–water partition coefficient (Wildman–Crippen LogP) is 6.67. The van der Waals surface area contributed by atoms with Crippen LogP contribution in [0, 0.1) is 0 Å². The van der Waals surface area contributed by atoms with E-state index < -0.39 is 0 Å². The van der Waals surface area contributed by atoms with E-state index in [4.69, 9.17) is 11.6 Å². The second-order valence-corrected chi connectivity index (χ2v) is 5.85. The minimum Gasteiger partial charge on any atom is -0.0843 e. The topological polar surface area (TPSA) is 0 Å². The maximum Gasteiger partial charge on any atom is 0.0409 e. The molecule has 20 heavy (non-hydrogen) atoms. The van der Waals surface area contributed by atoms with Crippen molar-refractivity contribution in [3.63, 3.8) is 0 Å². The van der Waals surface area contributed by atoms with Crippen LogP contribution >= 0.6 is 11.6 Å². The summed E-state index contributed by atoms with van der Waals surface area (Å²) in [5, 5.41) is 0.844. The lowest BCUT2D eigenvalue weighted by atomic mass is 9.85. The van der Waals surface area contributed by atoms with Crippen LogP contribution in [0.15, 0.2) is 46.6 Å². The molecule has 0 nitrogen and oxygen atoms in total. The average Bonchev–Trinajstić information content (AvgIpc) is 2.79. The summed E-state index contributed by atoms with van der Waals surface area (Å²) in [4.78, 5) is 0. The first kappa shape index (κ1) is 15.4. The second-order valence-electron chi connectivity index (χ2n) is 5.41. The second kappa shape index (κ2) is 6.63. The van der Waals surface area contributed by atoms with Crippen LogP contribution in [-0.2, 0) is 0 Å². The van der Waals surface area contributed by atoms with Crippen molar-refractivity contribution < 1.29 is 0 Å². The van der Waals surface area contributed by atoms with E-state index in [-0.39, 0.29) is 0 Å². The van der Waals surface area contributed by atoms with Crippen LogP contribution in [0.4, 0.5) is 0 Å². The van der Waals surface area contributed by atoms with Gasteiger partial charge in [-0.05, 0) is 54.5 Å². The highest BCUT2D eigenvalue weighted by molar-refractivity contribution is 6.30. The molecule has 0 saturated heterocycles. The molecule has 0 unspecified atom stereocenters. The molecule has 1 aromatic carbocycles. The Labute approximate surface area is 128 Å². The number of hydrogen-bond acceptors (Lipinski definition) is 0. The quantitative estimate of drug-likeness (QED) is 0.567. The molecular formula is C19H25Cl. The third-order valence-corrected chi connectivity index (χ3v) is 4.72. The van der Waals surface area contributed by atoms with Gasteiger partial charge in [0.1, 0.15) is 0 Å². The highest BCUT2D eigenvalue weighted by Crippen LogP contribution is 2.48. The Bertz CT molecular complexity index is 521. The van der Waals surface area contributed by atoms with Crippen LogP contribution in [0.1, 0.15) is 64.9 Å². The smallest absolute Gasteiger partial charge is 0.0409 e. The molecule has 0 saturated carbocycles. The van der Waals surface area contributed by atoms with Crippen molar-refractivity contribution in [3.8, 4) is 0 Å². The SMILES string of the molecule is CCC1=C(CC)C(c2cccc(Cl)c2)C(CC)=C1CC. The summed E-state index contributed by atoms with van der Waals surface area (Å²) in [7, 11) is 0. The lowest BCUT2D eigenvalue weighted by molar-refractivity contribution is 0.830. The molecule has 1 aliphatic carbocycles. The summed E-state index contributed by atoms with van der Waals surface area (Å²) in [5.74, 6) is 0.466. The third-order valence-electron chi connectivity index (χ3n) is 4.49. The maximum absolute atomic E-state index is 6.21. The van der Waals surface area contributed by atoms with Crippen molar-refractivity contribution in [3.05, 3.63) is 57.1 Å². The molecular weight excluding hydrogens is 264 g/mol. The van der Waals surface area contributed by atoms with E-state index in [2.05, 4.69) is 45.9 Å². The molecule has 0 spiro atoms. The van der Waals surface area contributed by atoms with Crippen LogP contribution in [0.2, 0.25) is 5.02 Å². The van der Waals surface area contributed by atoms with E-state index in [1.807, 2.05) is 6.07 Å². The van der Waals surface area contributed by atoms with Crippen LogP contribution in [0.5, 0.6) is 0 Å². The molecule has 0 fully saturated rings. The number of rotatable bonds is 5. The molecule has 0 N–H and O–H groups in total. The third kappa shape index (κ3) is 2.59. The largest absolute Gasteiger partial charge is 0.0843 e. The molecule has 0 aromatic heterocycles. The number of halogens is 1. The van der Waals surface area contributed by atoms with Crippen molar-refractivity contribution in [2.75, 3.05) is 0 Å². The van der Waals surface area contributed by atoms with Crippen molar-refractivity contribution in [2.45, 2.75) is 59.3 Å². The van der Waals surface area contributed by atoms with Gasteiger partial charge in [0.15, 0.2) is 0 Å². The van der Waals surface area contributed by atoms with Gasteiger partial charge in [0, 0.05) is 10.9 Å². The van der Waals surface area contributed by atoms with Crippen LogP contribution < -0.4 is 0 Å². The summed E-state index contributed by atoms with van der Waals surface area (Å²) < 4.78 is 0. The molecule has 0 atom stereocenters. The Morgan fingerprint density at radius 2 is 1.40 bits per heavy atom. The van der Waals surface area contributed by atoms with E-state index >= 15 is 0 Å². The number of allylic oxidation sites excluding steroid dienone is 4. The zero-order chi connectivity index (χ0) is 14.7. The monoisotopic (exact) mass is 288 g/mol. The van der Waals surface area contributed by atoms with Crippen molar-refractivity contribution in [1.29, 1.82) is 0 Å². The van der Waals surface area contributed by atoms with Crippen molar-refractivity contribution in [2.24, 2.45) is 0 Å². The van der Waals surface area contributed by atoms with E-state index in [0.717, 1.165) is 30.7 Å². The Morgan fingerprint density at radius 1 is 0.850 bits per heavy atom. The van der Waals surface area contributed by atoms with Crippen LogP contribution in [0.25, 0.3) is 0 Å². The van der Waals surface area contributed by atoms with Crippen molar-refractivity contribution >= 4 is 11.6 Å². The van der Waals surface area contributed by atoms with Gasteiger partial charge in [0.25, 0.3) is 0 Å². The molecule has 1 aromatic rings. The molecule has 0 bridgehead atoms. The van der Waals surface area contributed by atoms with E-state index in [9.17, 15) is 0 Å². The number of hydrogen-bond donors (Lipinski definition) is 0. The summed E-state index contributed by atoms with van der Waals surface area (Å²) in [6.45, 7) is 9.14. The molecule has 2 rings (SSSR count). The van der Waals surface area contributed by atoms with Gasteiger partial charge < -0.3 is 0 Å². The van der Waals surface area contributed by atoms with Crippen LogP contribution in [0.3, 0.4) is 0 Å². The van der Waals surface area contributed by atoms with Gasteiger partial charge in [-0.3, -0.25) is 0 Å². The lowest BCUT2D eigenvalue weighted by Gasteiger charge is -2.19. The minimum atomic E-state index is 0.466. The summed E-state index contributed by atoms with van der Waals surface area (Å²) >= 11 is 6.21. The summed E-state index contributed by atoms with van der Waals surface area (Å²) in [5.41, 5.74) is 7.81. The average molecular weight is 289 g/mol. The zero-order valence-electron chi connectivity index (χ0n) is 13.1. The van der Waals surface area contributed by atoms with Gasteiger partial charge in [-0.2, -0.15) is 0 Å². The van der Waals surface area contributed by atoms with Crippen LogP contribution in [-0.4, -0.2) is 0 Å². The summed E-state index contributed by atoms with van der Waals surface area (Å²) in [6, 6.07) is 8.41. The first-order chi connectivity index (χ1) is 9.67. The Morgan fingerprint density at radius 3 is 1.80 bits per heavy atom. The standard InChI is InChI=1S/C19H25Cl/c1-5-15-16(6-2)18(8-4)19(17(15)7-3)13-10-9-11-14(20)12-13/h9-12,19H,5-8H2,1-4H3. The molecule has 0 heterocycles. The van der Waals surface area contributed by atoms with Gasteiger partial charge in [-0.25, -0.2) is 0 Å². The van der Waals surface area contributed by atoms with Gasteiger partial charge in [-0.1, -0.05) is 62.6 Å². The Kier molecular flexibility index (Phi) is 5.10. The fraction of sp³-hybridized carbons (Fsp3) is 0.474. The molecule has 0 amide bonds. The fourth-order valence-electron chi connectivity index (χ4n) is 3.75. The molecule has 1 heteroatoms. The highest BCUT2D eigenvalue weighted by Gasteiger charge is 2.30. The maximum atomic E-state index is 6.21. The van der Waals surface area contributed by atoms with Gasteiger partial charge in [0.2, 0.25) is 0 Å². The zero-order valence-corrected chi connectivity index (χ0v) is 13.8. The molecule has 0 aliphatic heterocycles. The first-order valence-electron chi connectivity index (χ1n) is 7.87. The molecule has 1 aliphatic rings. The van der Waals surface area contributed by atoms with Gasteiger partial charge >= 0.3 is 0 Å². The highest BCUT2D eigenvalue weighted by atomic mass is 35.5. The lowest BCUT2D eigenvalue weighted by Crippen LogP contribution is -2.03. The normalized spacial score (nSPS) is 16.4. The minimum absolute atomic E-state index is 0.466. The molecule has 108 valence electrons. The molecule has 0 radical (unpaired) electrons. The van der Waals surface area contributed by atoms with E-state index in [1.165, 1.54) is 5.56 Å². The van der Waals surface area contributed by atoms with Gasteiger partial charge in [-0.15, -0.1) is 0 Å². The number of benzene rings is 1. The summed E-state index contributed by atoms with van der Waals surface area (Å²) in [6.07, 6.45) is 4.56. The Hall–Kier alpha value is -1.01. The predicted molar refractivity (Wildman–Crippen MR) is 89.4 cm³/mol. The Balaban J connectivity index is 2.59.